The Labute approximate surface area is 180 Å². The van der Waals surface area contributed by atoms with Crippen LogP contribution in [0.25, 0.3) is 10.9 Å². The topological polar surface area (TPSA) is 71.5 Å². The number of aromatic nitrogens is 1. The molecule has 1 aliphatic heterocycles. The molecular weight excluding hydrogens is 397 g/mol. The number of esters is 1. The Balaban J connectivity index is 1.52. The number of piperidine rings is 1. The van der Waals surface area contributed by atoms with Crippen LogP contribution in [0.15, 0.2) is 54.7 Å². The first-order chi connectivity index (χ1) is 15.1. The third-order valence-corrected chi connectivity index (χ3v) is 5.51. The number of likely N-dealkylation sites (tertiary alicyclic amines) is 1. The number of hydrogen-bond acceptors (Lipinski definition) is 5. The number of carbonyl (C=O) groups excluding carboxylic acids is 2. The zero-order chi connectivity index (χ0) is 21.8. The maximum Gasteiger partial charge on any atom is 0.341 e. The predicted molar refractivity (Wildman–Crippen MR) is 117 cm³/mol. The Morgan fingerprint density at radius 3 is 2.55 bits per heavy atom. The molecule has 1 aliphatic rings. The Morgan fingerprint density at radius 2 is 1.81 bits per heavy atom. The average molecular weight is 421 g/mol. The van der Waals surface area contributed by atoms with E-state index in [9.17, 15) is 14.0 Å². The fraction of sp³-hybridized carbons (Fsp3) is 0.292. The van der Waals surface area contributed by atoms with Crippen molar-refractivity contribution in [3.05, 3.63) is 71.7 Å². The van der Waals surface area contributed by atoms with E-state index < -0.39 is 11.8 Å². The molecule has 6 nitrogen and oxygen atoms in total. The number of halogens is 1. The van der Waals surface area contributed by atoms with Crippen molar-refractivity contribution in [3.63, 3.8) is 0 Å². The van der Waals surface area contributed by atoms with Gasteiger partial charge in [0, 0.05) is 30.7 Å². The smallest absolute Gasteiger partial charge is 0.341 e. The quantitative estimate of drug-likeness (QED) is 0.623. The van der Waals surface area contributed by atoms with Crippen molar-refractivity contribution in [1.29, 1.82) is 0 Å². The minimum atomic E-state index is -0.505. The van der Waals surface area contributed by atoms with Crippen molar-refractivity contribution < 1.29 is 18.7 Å². The van der Waals surface area contributed by atoms with Gasteiger partial charge in [0.25, 0.3) is 5.91 Å². The summed E-state index contributed by atoms with van der Waals surface area (Å²) in [5.41, 5.74) is 1.97. The summed E-state index contributed by atoms with van der Waals surface area (Å²) in [5.74, 6) is -1.22. The standard InChI is InChI=1S/C24H24FN3O3/c1-2-31-24(30)19-15-26-21-10-6-4-8-18(21)22(19)27-16-11-13-28(14-12-16)23(29)17-7-3-5-9-20(17)25/h3-10,15-16H,2,11-14H2,1H3,(H,26,27). The number of amides is 1. The van der Waals surface area contributed by atoms with Gasteiger partial charge in [0.15, 0.2) is 0 Å². The summed E-state index contributed by atoms with van der Waals surface area (Å²) >= 11 is 0. The largest absolute Gasteiger partial charge is 0.462 e. The molecule has 4 rings (SSSR count). The van der Waals surface area contributed by atoms with Crippen molar-refractivity contribution in [1.82, 2.24) is 9.88 Å². The summed E-state index contributed by atoms with van der Waals surface area (Å²) in [5, 5.41) is 4.33. The van der Waals surface area contributed by atoms with Gasteiger partial charge in [0.2, 0.25) is 0 Å². The number of fused-ring (bicyclic) bond motifs is 1. The maximum absolute atomic E-state index is 14.0. The number of anilines is 1. The highest BCUT2D eigenvalue weighted by molar-refractivity contribution is 6.05. The molecule has 0 atom stereocenters. The molecule has 3 aromatic rings. The van der Waals surface area contributed by atoms with Gasteiger partial charge in [-0.25, -0.2) is 9.18 Å². The van der Waals surface area contributed by atoms with Gasteiger partial charge in [-0.3, -0.25) is 9.78 Å². The molecule has 1 N–H and O–H groups in total. The summed E-state index contributed by atoms with van der Waals surface area (Å²) in [6.07, 6.45) is 2.90. The lowest BCUT2D eigenvalue weighted by atomic mass is 10.0. The van der Waals surface area contributed by atoms with Gasteiger partial charge in [-0.05, 0) is 38.0 Å². The van der Waals surface area contributed by atoms with Gasteiger partial charge >= 0.3 is 5.97 Å². The van der Waals surface area contributed by atoms with Crippen molar-refractivity contribution >= 4 is 28.5 Å². The molecule has 1 fully saturated rings. The highest BCUT2D eigenvalue weighted by Gasteiger charge is 2.27. The molecule has 0 spiro atoms. The number of carbonyl (C=O) groups is 2. The normalized spacial score (nSPS) is 14.5. The van der Waals surface area contributed by atoms with E-state index in [0.717, 1.165) is 10.9 Å². The molecule has 31 heavy (non-hydrogen) atoms. The van der Waals surface area contributed by atoms with Crippen molar-refractivity contribution in [3.8, 4) is 0 Å². The first kappa shape index (κ1) is 20.8. The second-order valence-corrected chi connectivity index (χ2v) is 7.48. The fourth-order valence-electron chi connectivity index (χ4n) is 3.90. The lowest BCUT2D eigenvalue weighted by Crippen LogP contribution is -2.42. The number of para-hydroxylation sites is 1. The van der Waals surface area contributed by atoms with E-state index in [0.29, 0.717) is 37.2 Å². The SMILES string of the molecule is CCOC(=O)c1cnc2ccccc2c1NC1CCN(C(=O)c2ccccc2F)CC1. The highest BCUT2D eigenvalue weighted by atomic mass is 19.1. The van der Waals surface area contributed by atoms with E-state index in [1.54, 1.807) is 30.2 Å². The van der Waals surface area contributed by atoms with Gasteiger partial charge in [0.1, 0.15) is 11.4 Å². The van der Waals surface area contributed by atoms with Crippen LogP contribution in [0, 0.1) is 5.82 Å². The van der Waals surface area contributed by atoms with E-state index in [2.05, 4.69) is 10.3 Å². The van der Waals surface area contributed by atoms with Crippen molar-refractivity contribution in [2.24, 2.45) is 0 Å². The Morgan fingerprint density at radius 1 is 1.10 bits per heavy atom. The van der Waals surface area contributed by atoms with Crippen LogP contribution in [-0.4, -0.2) is 47.5 Å². The Kier molecular flexibility index (Phi) is 6.11. The summed E-state index contributed by atoms with van der Waals surface area (Å²) in [6, 6.07) is 13.7. The predicted octanol–water partition coefficient (Wildman–Crippen LogP) is 4.27. The van der Waals surface area contributed by atoms with Crippen LogP contribution in [0.1, 0.15) is 40.5 Å². The van der Waals surface area contributed by atoms with Gasteiger partial charge in [-0.1, -0.05) is 30.3 Å². The molecule has 0 saturated carbocycles. The summed E-state index contributed by atoms with van der Waals surface area (Å²) in [7, 11) is 0. The van der Waals surface area contributed by atoms with Crippen LogP contribution in [-0.2, 0) is 4.74 Å². The molecule has 0 radical (unpaired) electrons. The maximum atomic E-state index is 14.0. The van der Waals surface area contributed by atoms with E-state index >= 15 is 0 Å². The molecule has 1 amide bonds. The second-order valence-electron chi connectivity index (χ2n) is 7.48. The van der Waals surface area contributed by atoms with E-state index in [1.807, 2.05) is 24.3 Å². The number of nitrogens with zero attached hydrogens (tertiary/aromatic N) is 2. The number of pyridine rings is 1. The molecule has 160 valence electrons. The lowest BCUT2D eigenvalue weighted by Gasteiger charge is -2.33. The van der Waals surface area contributed by atoms with E-state index in [1.165, 1.54) is 12.1 Å². The molecule has 2 heterocycles. The number of ether oxygens (including phenoxy) is 1. The Bertz CT molecular complexity index is 1110. The summed E-state index contributed by atoms with van der Waals surface area (Å²) in [6.45, 7) is 3.05. The number of nitrogens with one attached hydrogen (secondary N) is 1. The molecule has 1 aromatic heterocycles. The minimum absolute atomic E-state index is 0.0589. The average Bonchev–Trinajstić information content (AvgIpc) is 2.80. The third kappa shape index (κ3) is 4.35. The molecule has 1 saturated heterocycles. The van der Waals surface area contributed by atoms with Crippen LogP contribution in [0.2, 0.25) is 0 Å². The minimum Gasteiger partial charge on any atom is -0.462 e. The molecule has 0 bridgehead atoms. The number of hydrogen-bond donors (Lipinski definition) is 1. The zero-order valence-corrected chi connectivity index (χ0v) is 17.3. The number of benzene rings is 2. The zero-order valence-electron chi connectivity index (χ0n) is 17.3. The molecule has 2 aromatic carbocycles. The van der Waals surface area contributed by atoms with Crippen molar-refractivity contribution in [2.45, 2.75) is 25.8 Å². The lowest BCUT2D eigenvalue weighted by molar-refractivity contribution is 0.0527. The van der Waals surface area contributed by atoms with Crippen LogP contribution in [0.5, 0.6) is 0 Å². The summed E-state index contributed by atoms with van der Waals surface area (Å²) in [4.78, 5) is 31.2. The van der Waals surface area contributed by atoms with Gasteiger partial charge in [-0.15, -0.1) is 0 Å². The molecule has 7 heteroatoms. The third-order valence-electron chi connectivity index (χ3n) is 5.51. The van der Waals surface area contributed by atoms with Crippen LogP contribution < -0.4 is 5.32 Å². The van der Waals surface area contributed by atoms with Crippen LogP contribution in [0.3, 0.4) is 0 Å². The number of rotatable bonds is 5. The van der Waals surface area contributed by atoms with E-state index in [4.69, 9.17) is 4.74 Å². The van der Waals surface area contributed by atoms with E-state index in [-0.39, 0.29) is 24.1 Å². The van der Waals surface area contributed by atoms with Gasteiger partial charge in [0.05, 0.1) is 23.4 Å². The first-order valence-corrected chi connectivity index (χ1v) is 10.4. The first-order valence-electron chi connectivity index (χ1n) is 10.4. The summed E-state index contributed by atoms with van der Waals surface area (Å²) < 4.78 is 19.2. The van der Waals surface area contributed by atoms with Crippen LogP contribution in [0.4, 0.5) is 10.1 Å². The van der Waals surface area contributed by atoms with Crippen LogP contribution >= 0.6 is 0 Å². The molecular formula is C24H24FN3O3. The monoisotopic (exact) mass is 421 g/mol. The fourth-order valence-corrected chi connectivity index (χ4v) is 3.90. The molecule has 0 unspecified atom stereocenters. The second kappa shape index (κ2) is 9.12. The van der Waals surface area contributed by atoms with Gasteiger partial charge in [-0.2, -0.15) is 0 Å². The van der Waals surface area contributed by atoms with Gasteiger partial charge < -0.3 is 15.0 Å². The Hall–Kier alpha value is -3.48. The highest BCUT2D eigenvalue weighted by Crippen LogP contribution is 2.29. The van der Waals surface area contributed by atoms with Crippen molar-refractivity contribution in [2.75, 3.05) is 25.0 Å². The molecule has 0 aliphatic carbocycles.